The average molecular weight is 456 g/mol. The zero-order valence-corrected chi connectivity index (χ0v) is 20.1. The van der Waals surface area contributed by atoms with Crippen LogP contribution in [0.5, 0.6) is 0 Å². The SMILES string of the molecule is CCC[CH2][Sn]([CH2]CCC)([CH2]CCC)[c]1cnc(C2CCCCC2)s1. The van der Waals surface area contributed by atoms with Gasteiger partial charge in [-0.25, -0.2) is 0 Å². The Labute approximate surface area is 158 Å². The Kier molecular flexibility index (Phi) is 9.68. The van der Waals surface area contributed by atoms with E-state index in [1.807, 2.05) is 2.89 Å². The molecule has 24 heavy (non-hydrogen) atoms. The van der Waals surface area contributed by atoms with Crippen LogP contribution in [0.1, 0.15) is 102 Å². The molecule has 0 N–H and O–H groups in total. The van der Waals surface area contributed by atoms with E-state index in [9.17, 15) is 0 Å². The van der Waals surface area contributed by atoms with Crippen molar-refractivity contribution >= 4 is 32.6 Å². The van der Waals surface area contributed by atoms with Gasteiger partial charge in [-0.15, -0.1) is 0 Å². The molecule has 1 aromatic rings. The van der Waals surface area contributed by atoms with E-state index in [-0.39, 0.29) is 0 Å². The molecule has 0 radical (unpaired) electrons. The quantitative estimate of drug-likeness (QED) is 0.320. The van der Waals surface area contributed by atoms with Gasteiger partial charge in [0.25, 0.3) is 0 Å². The van der Waals surface area contributed by atoms with Crippen molar-refractivity contribution in [3.05, 3.63) is 11.2 Å². The molecule has 1 heterocycles. The first-order valence-corrected chi connectivity index (χ1v) is 19.0. The Morgan fingerprint density at radius 2 is 1.46 bits per heavy atom. The fraction of sp³-hybridized carbons (Fsp3) is 0.857. The molecule has 3 heteroatoms. The van der Waals surface area contributed by atoms with Crippen molar-refractivity contribution in [3.63, 3.8) is 0 Å². The summed E-state index contributed by atoms with van der Waals surface area (Å²) in [5.41, 5.74) is 0. The number of hydrogen-bond acceptors (Lipinski definition) is 2. The fourth-order valence-electron chi connectivity index (χ4n) is 4.36. The fourth-order valence-corrected chi connectivity index (χ4v) is 24.3. The van der Waals surface area contributed by atoms with Gasteiger partial charge in [-0.1, -0.05) is 0 Å². The zero-order valence-electron chi connectivity index (χ0n) is 16.4. The summed E-state index contributed by atoms with van der Waals surface area (Å²) in [6.07, 6.45) is 17.9. The van der Waals surface area contributed by atoms with E-state index >= 15 is 0 Å². The first-order chi connectivity index (χ1) is 11.8. The van der Waals surface area contributed by atoms with Crippen molar-refractivity contribution in [1.29, 1.82) is 0 Å². The summed E-state index contributed by atoms with van der Waals surface area (Å²) in [6, 6.07) is 0. The van der Waals surface area contributed by atoms with Crippen LogP contribution in [0.3, 0.4) is 0 Å². The van der Waals surface area contributed by atoms with Crippen LogP contribution in [0, 0.1) is 0 Å². The van der Waals surface area contributed by atoms with Gasteiger partial charge in [0, 0.05) is 0 Å². The van der Waals surface area contributed by atoms with Crippen LogP contribution >= 0.6 is 11.3 Å². The van der Waals surface area contributed by atoms with E-state index in [0.29, 0.717) is 0 Å². The molecule has 138 valence electrons. The first-order valence-electron chi connectivity index (χ1n) is 10.7. The number of rotatable bonds is 11. The van der Waals surface area contributed by atoms with E-state index in [2.05, 4.69) is 38.3 Å². The van der Waals surface area contributed by atoms with Crippen LogP contribution in [0.4, 0.5) is 0 Å². The Morgan fingerprint density at radius 1 is 0.917 bits per heavy atom. The molecule has 0 aromatic carbocycles. The van der Waals surface area contributed by atoms with Crippen molar-refractivity contribution in [2.75, 3.05) is 0 Å². The van der Waals surface area contributed by atoms with Crippen LogP contribution in [0.25, 0.3) is 0 Å². The number of nitrogens with zero attached hydrogens (tertiary/aromatic N) is 1. The van der Waals surface area contributed by atoms with Gasteiger partial charge in [0.1, 0.15) is 0 Å². The minimum absolute atomic E-state index is 0.796. The van der Waals surface area contributed by atoms with E-state index < -0.39 is 18.4 Å². The third-order valence-electron chi connectivity index (χ3n) is 6.03. The van der Waals surface area contributed by atoms with Gasteiger partial charge in [-0.2, -0.15) is 0 Å². The molecule has 0 bridgehead atoms. The van der Waals surface area contributed by atoms with Crippen LogP contribution in [0.15, 0.2) is 6.20 Å². The number of hydrogen-bond donors (Lipinski definition) is 0. The second-order valence-corrected chi connectivity index (χ2v) is 23.2. The summed E-state index contributed by atoms with van der Waals surface area (Å²) in [5.74, 6) is 0.796. The van der Waals surface area contributed by atoms with Gasteiger partial charge in [-0.3, -0.25) is 0 Å². The van der Waals surface area contributed by atoms with Gasteiger partial charge in [-0.05, 0) is 0 Å². The number of unbranched alkanes of at least 4 members (excludes halogenated alkanes) is 3. The monoisotopic (exact) mass is 457 g/mol. The zero-order chi connectivity index (χ0) is 17.3. The van der Waals surface area contributed by atoms with E-state index in [0.717, 1.165) is 5.92 Å². The summed E-state index contributed by atoms with van der Waals surface area (Å²) in [6.45, 7) is 7.11. The molecule has 1 aliphatic rings. The van der Waals surface area contributed by atoms with E-state index in [4.69, 9.17) is 4.98 Å². The molecule has 1 aromatic heterocycles. The molecule has 1 nitrogen and oxygen atoms in total. The van der Waals surface area contributed by atoms with Gasteiger partial charge in [0.05, 0.1) is 0 Å². The second-order valence-electron chi connectivity index (χ2n) is 7.99. The Hall–Kier alpha value is 0.429. The van der Waals surface area contributed by atoms with Crippen molar-refractivity contribution < 1.29 is 0 Å². The summed E-state index contributed by atoms with van der Waals surface area (Å²) in [4.78, 5) is 5.00. The molecule has 1 aliphatic carbocycles. The van der Waals surface area contributed by atoms with Crippen molar-refractivity contribution in [2.24, 2.45) is 0 Å². The molecule has 1 saturated carbocycles. The predicted molar refractivity (Wildman–Crippen MR) is 112 cm³/mol. The molecular formula is C21H39NSSn. The van der Waals surface area contributed by atoms with Gasteiger partial charge in [0.2, 0.25) is 0 Å². The first kappa shape index (κ1) is 20.7. The standard InChI is InChI=1S/C9H12NS.3C4H9.Sn/c1-2-4-8(5-3-1)9-10-6-7-11-9;3*1-3-4-2;/h6,8H,1-5H2;3*1,3-4H2,2H3;. The number of aromatic nitrogens is 1. The third kappa shape index (κ3) is 5.72. The van der Waals surface area contributed by atoms with Crippen LogP contribution < -0.4 is 2.89 Å². The van der Waals surface area contributed by atoms with Crippen molar-refractivity contribution in [1.82, 2.24) is 4.98 Å². The van der Waals surface area contributed by atoms with E-state index in [1.165, 1.54) is 75.6 Å². The van der Waals surface area contributed by atoms with Gasteiger partial charge >= 0.3 is 159 Å². The Balaban J connectivity index is 2.20. The Bertz CT molecular complexity index is 429. The van der Waals surface area contributed by atoms with Crippen LogP contribution in [0.2, 0.25) is 13.3 Å². The molecule has 0 saturated heterocycles. The third-order valence-corrected chi connectivity index (χ3v) is 25.4. The molecule has 2 rings (SSSR count). The summed E-state index contributed by atoms with van der Waals surface area (Å²) in [5, 5.41) is 1.51. The molecule has 0 amide bonds. The molecule has 0 unspecified atom stereocenters. The van der Waals surface area contributed by atoms with Crippen molar-refractivity contribution in [2.45, 2.75) is 111 Å². The summed E-state index contributed by atoms with van der Waals surface area (Å²) in [7, 11) is 0. The minimum atomic E-state index is -2.21. The number of thiazole rings is 1. The molecule has 0 atom stereocenters. The topological polar surface area (TPSA) is 12.9 Å². The summed E-state index contributed by atoms with van der Waals surface area (Å²) < 4.78 is 6.58. The van der Waals surface area contributed by atoms with Crippen molar-refractivity contribution in [3.8, 4) is 0 Å². The normalized spacial score (nSPS) is 16.6. The van der Waals surface area contributed by atoms with Crippen LogP contribution in [-0.4, -0.2) is 23.4 Å². The second kappa shape index (κ2) is 11.2. The van der Waals surface area contributed by atoms with E-state index in [1.54, 1.807) is 13.3 Å². The maximum atomic E-state index is 5.00. The van der Waals surface area contributed by atoms with Crippen LogP contribution in [-0.2, 0) is 0 Å². The summed E-state index contributed by atoms with van der Waals surface area (Å²) >= 11 is -0.0345. The van der Waals surface area contributed by atoms with Gasteiger partial charge < -0.3 is 0 Å². The van der Waals surface area contributed by atoms with Gasteiger partial charge in [0.15, 0.2) is 0 Å². The molecule has 1 fully saturated rings. The maximum absolute atomic E-state index is 5.00. The predicted octanol–water partition coefficient (Wildman–Crippen LogP) is 7.25. The molecule has 0 spiro atoms. The Morgan fingerprint density at radius 3 is 1.96 bits per heavy atom. The average Bonchev–Trinajstić information content (AvgIpc) is 3.13. The molecule has 0 aliphatic heterocycles. The molecular weight excluding hydrogens is 417 g/mol.